The second-order valence-corrected chi connectivity index (χ2v) is 4.84. The van der Waals surface area contributed by atoms with Gasteiger partial charge in [0, 0.05) is 12.3 Å². The zero-order chi connectivity index (χ0) is 14.7. The highest BCUT2D eigenvalue weighted by atomic mass is 16.5. The van der Waals surface area contributed by atoms with Crippen molar-refractivity contribution in [3.8, 4) is 11.8 Å². The quantitative estimate of drug-likeness (QED) is 0.735. The molecule has 0 saturated carbocycles. The van der Waals surface area contributed by atoms with Crippen LogP contribution in [0.1, 0.15) is 17.0 Å². The third-order valence-corrected chi connectivity index (χ3v) is 3.39. The zero-order valence-electron chi connectivity index (χ0n) is 11.8. The Morgan fingerprint density at radius 1 is 1.24 bits per heavy atom. The first-order valence-corrected chi connectivity index (χ1v) is 6.79. The normalized spacial score (nSPS) is 10.5. The van der Waals surface area contributed by atoms with Gasteiger partial charge in [0.1, 0.15) is 18.0 Å². The molecular weight excluding hydrogens is 262 g/mol. The van der Waals surface area contributed by atoms with E-state index in [9.17, 15) is 0 Å². The van der Waals surface area contributed by atoms with E-state index in [1.165, 1.54) is 0 Å². The molecule has 0 fully saturated rings. The van der Waals surface area contributed by atoms with Gasteiger partial charge in [-0.25, -0.2) is 4.98 Å². The molecule has 3 rings (SSSR count). The summed E-state index contributed by atoms with van der Waals surface area (Å²) in [5.74, 6) is 0.778. The molecule has 4 nitrogen and oxygen atoms in total. The number of nitriles is 1. The van der Waals surface area contributed by atoms with Gasteiger partial charge in [0.05, 0.1) is 23.9 Å². The number of hydrogen-bond donors (Lipinski definition) is 0. The monoisotopic (exact) mass is 277 g/mol. The maximum absolute atomic E-state index is 8.87. The summed E-state index contributed by atoms with van der Waals surface area (Å²) >= 11 is 0. The Morgan fingerprint density at radius 2 is 2.05 bits per heavy atom. The molecule has 2 aromatic heterocycles. The molecular formula is C17H15N3O. The lowest BCUT2D eigenvalue weighted by Gasteiger charge is -2.07. The molecule has 0 bridgehead atoms. The lowest BCUT2D eigenvalue weighted by Crippen LogP contribution is -1.97. The summed E-state index contributed by atoms with van der Waals surface area (Å²) in [7, 11) is 0. The predicted molar refractivity (Wildman–Crippen MR) is 80.0 cm³/mol. The number of benzene rings is 1. The van der Waals surface area contributed by atoms with Crippen LogP contribution in [0.2, 0.25) is 0 Å². The third-order valence-electron chi connectivity index (χ3n) is 3.39. The maximum Gasteiger partial charge on any atom is 0.140 e. The molecule has 4 heteroatoms. The fourth-order valence-corrected chi connectivity index (χ4v) is 2.31. The Labute approximate surface area is 123 Å². The van der Waals surface area contributed by atoms with Gasteiger partial charge in [-0.15, -0.1) is 0 Å². The lowest BCUT2D eigenvalue weighted by molar-refractivity contribution is 0.306. The van der Waals surface area contributed by atoms with Gasteiger partial charge in [-0.2, -0.15) is 5.26 Å². The van der Waals surface area contributed by atoms with Crippen LogP contribution in [-0.2, 0) is 13.0 Å². The molecule has 0 aliphatic heterocycles. The minimum atomic E-state index is 0.358. The molecule has 0 aliphatic carbocycles. The summed E-state index contributed by atoms with van der Waals surface area (Å²) in [5, 5.41) is 8.87. The van der Waals surface area contributed by atoms with E-state index in [4.69, 9.17) is 10.00 Å². The average Bonchev–Trinajstić information content (AvgIpc) is 2.82. The van der Waals surface area contributed by atoms with Crippen LogP contribution in [0.5, 0.6) is 5.75 Å². The minimum Gasteiger partial charge on any atom is -0.489 e. The predicted octanol–water partition coefficient (Wildman–Crippen LogP) is 3.29. The first kappa shape index (κ1) is 13.2. The van der Waals surface area contributed by atoms with Crippen molar-refractivity contribution in [2.45, 2.75) is 20.0 Å². The molecule has 0 saturated heterocycles. The van der Waals surface area contributed by atoms with E-state index in [0.717, 1.165) is 28.3 Å². The fourth-order valence-electron chi connectivity index (χ4n) is 2.31. The van der Waals surface area contributed by atoms with Crippen LogP contribution in [0.15, 0.2) is 48.7 Å². The Balaban J connectivity index is 1.83. The molecule has 0 unspecified atom stereocenters. The van der Waals surface area contributed by atoms with E-state index >= 15 is 0 Å². The van der Waals surface area contributed by atoms with Crippen molar-refractivity contribution >= 4 is 5.65 Å². The van der Waals surface area contributed by atoms with Crippen LogP contribution < -0.4 is 4.74 Å². The standard InChI is InChI=1S/C17H15N3O/c1-13-16(7-9-18)20-10-8-15(11-17(20)19-13)21-12-14-5-3-2-4-6-14/h2-6,8,10-11H,7,12H2,1H3. The Morgan fingerprint density at radius 3 is 2.81 bits per heavy atom. The average molecular weight is 277 g/mol. The smallest absolute Gasteiger partial charge is 0.140 e. The van der Waals surface area contributed by atoms with Gasteiger partial charge < -0.3 is 9.14 Å². The van der Waals surface area contributed by atoms with Crippen LogP contribution in [0.4, 0.5) is 0 Å². The zero-order valence-corrected chi connectivity index (χ0v) is 11.8. The molecule has 1 aromatic carbocycles. The van der Waals surface area contributed by atoms with E-state index in [0.29, 0.717) is 13.0 Å². The molecule has 0 atom stereocenters. The van der Waals surface area contributed by atoms with Gasteiger partial charge in [0.2, 0.25) is 0 Å². The molecule has 0 aliphatic rings. The van der Waals surface area contributed by atoms with Gasteiger partial charge in [0.25, 0.3) is 0 Å². The summed E-state index contributed by atoms with van der Waals surface area (Å²) in [6.07, 6.45) is 2.26. The highest BCUT2D eigenvalue weighted by Crippen LogP contribution is 2.19. The van der Waals surface area contributed by atoms with Gasteiger partial charge in [-0.05, 0) is 18.6 Å². The van der Waals surface area contributed by atoms with E-state index in [2.05, 4.69) is 11.1 Å². The molecule has 0 radical (unpaired) electrons. The second kappa shape index (κ2) is 5.68. The van der Waals surface area contributed by atoms with Gasteiger partial charge in [-0.3, -0.25) is 0 Å². The summed E-state index contributed by atoms with van der Waals surface area (Å²) in [4.78, 5) is 4.48. The first-order valence-electron chi connectivity index (χ1n) is 6.79. The lowest BCUT2D eigenvalue weighted by atomic mass is 10.2. The van der Waals surface area contributed by atoms with E-state index < -0.39 is 0 Å². The number of nitrogens with zero attached hydrogens (tertiary/aromatic N) is 3. The van der Waals surface area contributed by atoms with Crippen molar-refractivity contribution in [1.29, 1.82) is 5.26 Å². The van der Waals surface area contributed by atoms with Gasteiger partial charge in [0.15, 0.2) is 0 Å². The maximum atomic E-state index is 8.87. The molecule has 2 heterocycles. The number of fused-ring (bicyclic) bond motifs is 1. The van der Waals surface area contributed by atoms with Crippen molar-refractivity contribution in [1.82, 2.24) is 9.38 Å². The van der Waals surface area contributed by atoms with Gasteiger partial charge in [-0.1, -0.05) is 30.3 Å². The number of aryl methyl sites for hydroxylation is 1. The van der Waals surface area contributed by atoms with Crippen molar-refractivity contribution in [3.63, 3.8) is 0 Å². The minimum absolute atomic E-state index is 0.358. The molecule has 21 heavy (non-hydrogen) atoms. The number of pyridine rings is 1. The Kier molecular flexibility index (Phi) is 3.57. The summed E-state index contributed by atoms with van der Waals surface area (Å²) in [6, 6.07) is 16.0. The molecule has 0 spiro atoms. The number of imidazole rings is 1. The Hall–Kier alpha value is -2.80. The number of ether oxygens (including phenoxy) is 1. The van der Waals surface area contributed by atoms with E-state index in [-0.39, 0.29) is 0 Å². The topological polar surface area (TPSA) is 50.3 Å². The van der Waals surface area contributed by atoms with Crippen LogP contribution in [-0.4, -0.2) is 9.38 Å². The van der Waals surface area contributed by atoms with Crippen molar-refractivity contribution < 1.29 is 4.74 Å². The van der Waals surface area contributed by atoms with Crippen LogP contribution in [0.25, 0.3) is 5.65 Å². The first-order chi connectivity index (χ1) is 10.3. The highest BCUT2D eigenvalue weighted by Gasteiger charge is 2.09. The number of hydrogen-bond acceptors (Lipinski definition) is 3. The van der Waals surface area contributed by atoms with Crippen molar-refractivity contribution in [3.05, 3.63) is 65.6 Å². The van der Waals surface area contributed by atoms with E-state index in [1.54, 1.807) is 0 Å². The van der Waals surface area contributed by atoms with Crippen LogP contribution in [0, 0.1) is 18.3 Å². The molecule has 0 amide bonds. The molecule has 0 N–H and O–H groups in total. The van der Waals surface area contributed by atoms with Gasteiger partial charge >= 0.3 is 0 Å². The summed E-state index contributed by atoms with van der Waals surface area (Å²) < 4.78 is 7.73. The summed E-state index contributed by atoms with van der Waals surface area (Å²) in [6.45, 7) is 2.45. The highest BCUT2D eigenvalue weighted by molar-refractivity contribution is 5.48. The second-order valence-electron chi connectivity index (χ2n) is 4.84. The summed E-state index contributed by atoms with van der Waals surface area (Å²) in [5.41, 5.74) is 3.75. The van der Waals surface area contributed by atoms with Crippen molar-refractivity contribution in [2.24, 2.45) is 0 Å². The van der Waals surface area contributed by atoms with Crippen molar-refractivity contribution in [2.75, 3.05) is 0 Å². The van der Waals surface area contributed by atoms with E-state index in [1.807, 2.05) is 60.0 Å². The molecule has 3 aromatic rings. The van der Waals surface area contributed by atoms with Crippen LogP contribution in [0.3, 0.4) is 0 Å². The third kappa shape index (κ3) is 2.72. The van der Waals surface area contributed by atoms with Crippen LogP contribution >= 0.6 is 0 Å². The Bertz CT molecular complexity index is 800. The number of rotatable bonds is 4. The largest absolute Gasteiger partial charge is 0.489 e. The SMILES string of the molecule is Cc1nc2cc(OCc3ccccc3)ccn2c1CC#N. The number of aromatic nitrogens is 2. The fraction of sp³-hybridized carbons (Fsp3) is 0.176. The molecule has 104 valence electrons.